The fraction of sp³-hybridized carbons (Fsp3) is 0.400. The molecule has 0 spiro atoms. The minimum absolute atomic E-state index is 1.00. The van der Waals surface area contributed by atoms with Crippen molar-refractivity contribution in [3.8, 4) is 0 Å². The monoisotopic (exact) mass is 165 g/mol. The van der Waals surface area contributed by atoms with Crippen LogP contribution in [0.15, 0.2) is 36.7 Å². The van der Waals surface area contributed by atoms with Gasteiger partial charge in [0, 0.05) is 25.6 Å². The Hall–Kier alpha value is -1.02. The van der Waals surface area contributed by atoms with Crippen molar-refractivity contribution in [2.24, 2.45) is 0 Å². The third-order valence-electron chi connectivity index (χ3n) is 1.55. The van der Waals surface area contributed by atoms with Gasteiger partial charge >= 0.3 is 0 Å². The standard InChI is InChI=1S/C6H7N.C4H8O/c1-2-4-6-7-5-3-1;1-2-4-5-3-1/h1-7H;1-4H2. The SMILES string of the molecule is C1=CC=CNC=C1.C1CCOC1. The lowest BCUT2D eigenvalue weighted by Gasteiger charge is -1.79. The van der Waals surface area contributed by atoms with Crippen molar-refractivity contribution < 1.29 is 4.74 Å². The van der Waals surface area contributed by atoms with Crippen LogP contribution in [0.4, 0.5) is 0 Å². The van der Waals surface area contributed by atoms with Gasteiger partial charge in [0.2, 0.25) is 0 Å². The number of hydrogen-bond donors (Lipinski definition) is 1. The van der Waals surface area contributed by atoms with E-state index in [9.17, 15) is 0 Å². The molecule has 0 aromatic carbocycles. The molecule has 2 nitrogen and oxygen atoms in total. The van der Waals surface area contributed by atoms with E-state index in [0.29, 0.717) is 0 Å². The minimum Gasteiger partial charge on any atom is -0.381 e. The summed E-state index contributed by atoms with van der Waals surface area (Å²) in [7, 11) is 0. The summed E-state index contributed by atoms with van der Waals surface area (Å²) in [5.41, 5.74) is 0. The summed E-state index contributed by atoms with van der Waals surface area (Å²) in [5, 5.41) is 2.92. The van der Waals surface area contributed by atoms with E-state index in [1.54, 1.807) is 0 Å². The topological polar surface area (TPSA) is 21.3 Å². The number of ether oxygens (including phenoxy) is 1. The molecule has 12 heavy (non-hydrogen) atoms. The van der Waals surface area contributed by atoms with Gasteiger partial charge in [-0.3, -0.25) is 0 Å². The fourth-order valence-corrected chi connectivity index (χ4v) is 0.916. The predicted octanol–water partition coefficient (Wildman–Crippen LogP) is 1.97. The Morgan fingerprint density at radius 1 is 0.833 bits per heavy atom. The summed E-state index contributed by atoms with van der Waals surface area (Å²) < 4.78 is 4.94. The van der Waals surface area contributed by atoms with Crippen molar-refractivity contribution in [2.45, 2.75) is 12.8 Å². The van der Waals surface area contributed by atoms with Crippen LogP contribution in [0.1, 0.15) is 12.8 Å². The fourth-order valence-electron chi connectivity index (χ4n) is 0.916. The molecule has 0 amide bonds. The second-order valence-corrected chi connectivity index (χ2v) is 2.59. The summed E-state index contributed by atoms with van der Waals surface area (Å²) in [6.07, 6.45) is 14.1. The highest BCUT2D eigenvalue weighted by Crippen LogP contribution is 1.98. The molecule has 66 valence electrons. The summed E-state index contributed by atoms with van der Waals surface area (Å²) in [6, 6.07) is 0. The van der Waals surface area contributed by atoms with E-state index in [-0.39, 0.29) is 0 Å². The highest BCUT2D eigenvalue weighted by Gasteiger charge is 1.94. The molecule has 0 radical (unpaired) electrons. The van der Waals surface area contributed by atoms with Gasteiger partial charge in [0.05, 0.1) is 0 Å². The molecule has 0 atom stereocenters. The van der Waals surface area contributed by atoms with Crippen LogP contribution in [0, 0.1) is 0 Å². The van der Waals surface area contributed by atoms with Gasteiger partial charge in [-0.05, 0) is 25.0 Å². The Balaban J connectivity index is 0.000000127. The van der Waals surface area contributed by atoms with Gasteiger partial charge in [-0.15, -0.1) is 0 Å². The van der Waals surface area contributed by atoms with Gasteiger partial charge in [-0.25, -0.2) is 0 Å². The molecular formula is C10H15NO. The molecule has 2 aliphatic heterocycles. The predicted molar refractivity (Wildman–Crippen MR) is 50.6 cm³/mol. The van der Waals surface area contributed by atoms with Crippen molar-refractivity contribution in [1.29, 1.82) is 0 Å². The molecule has 0 aromatic heterocycles. The van der Waals surface area contributed by atoms with Crippen LogP contribution >= 0.6 is 0 Å². The second-order valence-electron chi connectivity index (χ2n) is 2.59. The first-order chi connectivity index (χ1) is 6.00. The molecule has 2 heterocycles. The quantitative estimate of drug-likeness (QED) is 0.592. The Bertz CT molecular complexity index is 157. The first-order valence-corrected chi connectivity index (χ1v) is 4.32. The van der Waals surface area contributed by atoms with Gasteiger partial charge in [-0.2, -0.15) is 0 Å². The van der Waals surface area contributed by atoms with E-state index in [0.717, 1.165) is 13.2 Å². The van der Waals surface area contributed by atoms with Crippen molar-refractivity contribution >= 4 is 0 Å². The van der Waals surface area contributed by atoms with Gasteiger partial charge in [0.1, 0.15) is 0 Å². The molecule has 0 aromatic rings. The van der Waals surface area contributed by atoms with Gasteiger partial charge in [0.25, 0.3) is 0 Å². The second kappa shape index (κ2) is 6.68. The third-order valence-corrected chi connectivity index (χ3v) is 1.55. The highest BCUT2D eigenvalue weighted by atomic mass is 16.5. The molecular weight excluding hydrogens is 150 g/mol. The molecule has 2 aliphatic rings. The first-order valence-electron chi connectivity index (χ1n) is 4.32. The lowest BCUT2D eigenvalue weighted by Crippen LogP contribution is -1.87. The Kier molecular flexibility index (Phi) is 5.05. The van der Waals surface area contributed by atoms with Gasteiger partial charge < -0.3 is 10.1 Å². The molecule has 0 unspecified atom stereocenters. The average molecular weight is 165 g/mol. The maximum atomic E-state index is 4.94. The molecule has 1 fully saturated rings. The van der Waals surface area contributed by atoms with Crippen molar-refractivity contribution in [3.63, 3.8) is 0 Å². The Labute approximate surface area is 73.6 Å². The number of nitrogens with one attached hydrogen (secondary N) is 1. The maximum Gasteiger partial charge on any atom is 0.0466 e. The largest absolute Gasteiger partial charge is 0.381 e. The molecule has 2 heteroatoms. The van der Waals surface area contributed by atoms with Crippen molar-refractivity contribution in [3.05, 3.63) is 36.7 Å². The zero-order valence-corrected chi connectivity index (χ0v) is 7.20. The third kappa shape index (κ3) is 4.74. The summed E-state index contributed by atoms with van der Waals surface area (Å²) in [4.78, 5) is 0. The zero-order valence-electron chi connectivity index (χ0n) is 7.20. The van der Waals surface area contributed by atoms with Crippen molar-refractivity contribution in [2.75, 3.05) is 13.2 Å². The molecule has 0 aliphatic carbocycles. The normalized spacial score (nSPS) is 19.3. The molecule has 1 N–H and O–H groups in total. The van der Waals surface area contributed by atoms with Crippen LogP contribution in [0.25, 0.3) is 0 Å². The zero-order chi connectivity index (χ0) is 8.49. The lowest BCUT2D eigenvalue weighted by atomic mass is 10.4. The molecule has 0 saturated carbocycles. The van der Waals surface area contributed by atoms with Gasteiger partial charge in [-0.1, -0.05) is 12.2 Å². The van der Waals surface area contributed by atoms with E-state index in [4.69, 9.17) is 4.74 Å². The van der Waals surface area contributed by atoms with Crippen LogP contribution in [-0.2, 0) is 4.74 Å². The number of rotatable bonds is 0. The summed E-state index contributed by atoms with van der Waals surface area (Å²) in [5.74, 6) is 0. The summed E-state index contributed by atoms with van der Waals surface area (Å²) in [6.45, 7) is 2.00. The average Bonchev–Trinajstić information content (AvgIpc) is 2.54. The van der Waals surface area contributed by atoms with E-state index >= 15 is 0 Å². The molecule has 2 rings (SSSR count). The van der Waals surface area contributed by atoms with Crippen LogP contribution in [0.2, 0.25) is 0 Å². The smallest absolute Gasteiger partial charge is 0.0466 e. The van der Waals surface area contributed by atoms with E-state index in [1.165, 1.54) is 12.8 Å². The molecule has 0 bridgehead atoms. The maximum absolute atomic E-state index is 4.94. The lowest BCUT2D eigenvalue weighted by molar-refractivity contribution is 0.198. The molecule has 1 saturated heterocycles. The van der Waals surface area contributed by atoms with E-state index in [1.807, 2.05) is 36.7 Å². The van der Waals surface area contributed by atoms with Gasteiger partial charge in [0.15, 0.2) is 0 Å². The van der Waals surface area contributed by atoms with Crippen LogP contribution in [-0.4, -0.2) is 13.2 Å². The first kappa shape index (κ1) is 9.07. The van der Waals surface area contributed by atoms with Crippen LogP contribution in [0.5, 0.6) is 0 Å². The van der Waals surface area contributed by atoms with E-state index in [2.05, 4.69) is 5.32 Å². The highest BCUT2D eigenvalue weighted by molar-refractivity contribution is 5.14. The Morgan fingerprint density at radius 2 is 1.42 bits per heavy atom. The Morgan fingerprint density at radius 3 is 1.83 bits per heavy atom. The number of allylic oxidation sites excluding steroid dienone is 4. The van der Waals surface area contributed by atoms with E-state index < -0.39 is 0 Å². The van der Waals surface area contributed by atoms with Crippen LogP contribution < -0.4 is 5.32 Å². The summed E-state index contributed by atoms with van der Waals surface area (Å²) >= 11 is 0. The van der Waals surface area contributed by atoms with Crippen LogP contribution in [0.3, 0.4) is 0 Å². The number of hydrogen-bond acceptors (Lipinski definition) is 2. The van der Waals surface area contributed by atoms with Crippen molar-refractivity contribution in [1.82, 2.24) is 5.32 Å². The minimum atomic E-state index is 1.00.